The molecule has 0 spiro atoms. The first-order valence-electron chi connectivity index (χ1n) is 8.29. The maximum absolute atomic E-state index is 12.2. The Bertz CT molecular complexity index is 534. The van der Waals surface area contributed by atoms with Gasteiger partial charge in [0.05, 0.1) is 6.61 Å². The summed E-state index contributed by atoms with van der Waals surface area (Å²) in [6.07, 6.45) is 3.42. The molecule has 1 heterocycles. The fraction of sp³-hybridized carbons (Fsp3) is 0.556. The van der Waals surface area contributed by atoms with Gasteiger partial charge in [-0.2, -0.15) is 0 Å². The molecular formula is C18H27ClN2O3. The Balaban J connectivity index is 0.00000288. The van der Waals surface area contributed by atoms with Gasteiger partial charge in [0.2, 0.25) is 5.91 Å². The first kappa shape index (κ1) is 20.5. The van der Waals surface area contributed by atoms with E-state index in [1.54, 1.807) is 31.2 Å². The molecule has 0 saturated carbocycles. The van der Waals surface area contributed by atoms with Crippen molar-refractivity contribution in [2.45, 2.75) is 38.6 Å². The minimum atomic E-state index is 0. The van der Waals surface area contributed by atoms with Crippen LogP contribution in [0.3, 0.4) is 0 Å². The minimum absolute atomic E-state index is 0. The third-order valence-corrected chi connectivity index (χ3v) is 4.25. The first-order valence-corrected chi connectivity index (χ1v) is 8.29. The van der Waals surface area contributed by atoms with Crippen LogP contribution in [0.15, 0.2) is 24.3 Å². The van der Waals surface area contributed by atoms with Gasteiger partial charge >= 0.3 is 0 Å². The van der Waals surface area contributed by atoms with Crippen molar-refractivity contribution < 1.29 is 14.3 Å². The van der Waals surface area contributed by atoms with E-state index < -0.39 is 0 Å². The molecule has 1 saturated heterocycles. The van der Waals surface area contributed by atoms with E-state index in [1.165, 1.54) is 0 Å². The molecule has 6 heteroatoms. The molecule has 1 atom stereocenters. The molecule has 0 aromatic heterocycles. The second kappa shape index (κ2) is 10.3. The topological polar surface area (TPSA) is 58.6 Å². The van der Waals surface area contributed by atoms with Gasteiger partial charge in [0.1, 0.15) is 5.75 Å². The number of nitrogens with zero attached hydrogens (tertiary/aromatic N) is 1. The van der Waals surface area contributed by atoms with Crippen LogP contribution in [0, 0.1) is 0 Å². The van der Waals surface area contributed by atoms with Crippen LogP contribution in [0.25, 0.3) is 0 Å². The van der Waals surface area contributed by atoms with Crippen LogP contribution in [-0.2, 0) is 4.79 Å². The van der Waals surface area contributed by atoms with Crippen molar-refractivity contribution in [1.29, 1.82) is 0 Å². The fourth-order valence-electron chi connectivity index (χ4n) is 2.80. The number of carbonyl (C=O) groups excluding carboxylic acids is 2. The van der Waals surface area contributed by atoms with Crippen molar-refractivity contribution in [2.24, 2.45) is 0 Å². The molecule has 1 N–H and O–H groups in total. The number of amides is 1. The molecule has 1 aliphatic rings. The van der Waals surface area contributed by atoms with E-state index in [2.05, 4.69) is 5.32 Å². The third kappa shape index (κ3) is 6.13. The molecule has 1 aromatic rings. The quantitative estimate of drug-likeness (QED) is 0.604. The zero-order valence-corrected chi connectivity index (χ0v) is 15.2. The summed E-state index contributed by atoms with van der Waals surface area (Å²) in [5.41, 5.74) is 0.678. The van der Waals surface area contributed by atoms with Gasteiger partial charge in [-0.25, -0.2) is 0 Å². The highest BCUT2D eigenvalue weighted by molar-refractivity contribution is 5.94. The van der Waals surface area contributed by atoms with Crippen molar-refractivity contribution in [2.75, 3.05) is 26.7 Å². The summed E-state index contributed by atoms with van der Waals surface area (Å²) in [6.45, 7) is 3.72. The van der Waals surface area contributed by atoms with E-state index >= 15 is 0 Å². The van der Waals surface area contributed by atoms with Gasteiger partial charge in [0.15, 0.2) is 5.78 Å². The van der Waals surface area contributed by atoms with Crippen LogP contribution in [0.4, 0.5) is 0 Å². The van der Waals surface area contributed by atoms with E-state index in [1.807, 2.05) is 11.9 Å². The molecule has 0 bridgehead atoms. The number of rotatable bonds is 7. The molecule has 1 amide bonds. The molecule has 0 radical (unpaired) electrons. The number of nitrogens with one attached hydrogen (secondary N) is 1. The molecule has 24 heavy (non-hydrogen) atoms. The molecule has 5 nitrogen and oxygen atoms in total. The lowest BCUT2D eigenvalue weighted by Crippen LogP contribution is -2.46. The average Bonchev–Trinajstić information content (AvgIpc) is 2.59. The third-order valence-electron chi connectivity index (χ3n) is 4.25. The zero-order chi connectivity index (χ0) is 16.7. The lowest BCUT2D eigenvalue weighted by atomic mass is 10.1. The molecule has 0 aliphatic carbocycles. The number of hydrogen-bond acceptors (Lipinski definition) is 4. The van der Waals surface area contributed by atoms with Gasteiger partial charge < -0.3 is 15.0 Å². The first-order chi connectivity index (χ1) is 11.1. The van der Waals surface area contributed by atoms with Gasteiger partial charge in [0.25, 0.3) is 0 Å². The van der Waals surface area contributed by atoms with E-state index in [9.17, 15) is 9.59 Å². The Morgan fingerprint density at radius 1 is 1.29 bits per heavy atom. The minimum Gasteiger partial charge on any atom is -0.494 e. The van der Waals surface area contributed by atoms with E-state index in [0.717, 1.165) is 31.7 Å². The van der Waals surface area contributed by atoms with Crippen molar-refractivity contribution in [3.05, 3.63) is 29.8 Å². The zero-order valence-electron chi connectivity index (χ0n) is 14.4. The van der Waals surface area contributed by atoms with E-state index in [0.29, 0.717) is 31.1 Å². The predicted molar refractivity (Wildman–Crippen MR) is 97.1 cm³/mol. The highest BCUT2D eigenvalue weighted by Crippen LogP contribution is 2.14. The van der Waals surface area contributed by atoms with Crippen LogP contribution < -0.4 is 10.1 Å². The largest absolute Gasteiger partial charge is 0.494 e. The smallest absolute Gasteiger partial charge is 0.222 e. The fourth-order valence-corrected chi connectivity index (χ4v) is 2.80. The normalized spacial score (nSPS) is 17.1. The second-order valence-corrected chi connectivity index (χ2v) is 6.00. The molecular weight excluding hydrogens is 328 g/mol. The summed E-state index contributed by atoms with van der Waals surface area (Å²) in [7, 11) is 1.95. The lowest BCUT2D eigenvalue weighted by Gasteiger charge is -2.32. The molecule has 1 unspecified atom stereocenters. The number of ketones is 1. The molecule has 1 aromatic carbocycles. The van der Waals surface area contributed by atoms with Crippen molar-refractivity contribution in [3.8, 4) is 5.75 Å². The SMILES string of the molecule is CNC1CCCN(C(=O)CCCOc2ccc(C(C)=O)cc2)C1.Cl. The number of likely N-dealkylation sites (N-methyl/N-ethyl adjacent to an activating group) is 1. The molecule has 2 rings (SSSR count). The maximum Gasteiger partial charge on any atom is 0.222 e. The summed E-state index contributed by atoms with van der Waals surface area (Å²) >= 11 is 0. The van der Waals surface area contributed by atoms with Gasteiger partial charge in [-0.15, -0.1) is 12.4 Å². The van der Waals surface area contributed by atoms with Crippen molar-refractivity contribution in [3.63, 3.8) is 0 Å². The molecule has 134 valence electrons. The number of carbonyl (C=O) groups is 2. The molecule has 1 aliphatic heterocycles. The number of benzene rings is 1. The van der Waals surface area contributed by atoms with Gasteiger partial charge in [-0.05, 0) is 57.5 Å². The summed E-state index contributed by atoms with van der Waals surface area (Å²) < 4.78 is 5.63. The van der Waals surface area contributed by atoms with Gasteiger partial charge in [-0.3, -0.25) is 9.59 Å². The highest BCUT2D eigenvalue weighted by Gasteiger charge is 2.21. The summed E-state index contributed by atoms with van der Waals surface area (Å²) in [5.74, 6) is 0.986. The standard InChI is InChI=1S/C18H26N2O3.ClH/c1-14(21)15-7-9-17(10-8-15)23-12-4-6-18(22)20-11-3-5-16(13-20)19-2;/h7-10,16,19H,3-6,11-13H2,1-2H3;1H. The van der Waals surface area contributed by atoms with Crippen LogP contribution in [0.2, 0.25) is 0 Å². The number of halogens is 1. The van der Waals surface area contributed by atoms with Crippen LogP contribution in [0.5, 0.6) is 5.75 Å². The number of piperidine rings is 1. The Kier molecular flexibility index (Phi) is 8.79. The van der Waals surface area contributed by atoms with E-state index in [4.69, 9.17) is 4.74 Å². The second-order valence-electron chi connectivity index (χ2n) is 6.00. The predicted octanol–water partition coefficient (Wildman–Crippen LogP) is 2.68. The lowest BCUT2D eigenvalue weighted by molar-refractivity contribution is -0.132. The Hall–Kier alpha value is -1.59. The van der Waals surface area contributed by atoms with Crippen LogP contribution in [-0.4, -0.2) is 49.4 Å². The van der Waals surface area contributed by atoms with Crippen molar-refractivity contribution in [1.82, 2.24) is 10.2 Å². The van der Waals surface area contributed by atoms with Gasteiger partial charge in [0, 0.05) is 31.1 Å². The monoisotopic (exact) mass is 354 g/mol. The Labute approximate surface area is 150 Å². The van der Waals surface area contributed by atoms with Crippen LogP contribution in [0.1, 0.15) is 43.0 Å². The number of ether oxygens (including phenoxy) is 1. The average molecular weight is 355 g/mol. The van der Waals surface area contributed by atoms with Crippen LogP contribution >= 0.6 is 12.4 Å². The summed E-state index contributed by atoms with van der Waals surface area (Å²) in [6, 6.07) is 7.52. The number of hydrogen-bond donors (Lipinski definition) is 1. The molecule has 1 fully saturated rings. The summed E-state index contributed by atoms with van der Waals surface area (Å²) in [5, 5.41) is 3.25. The van der Waals surface area contributed by atoms with Crippen molar-refractivity contribution >= 4 is 24.1 Å². The highest BCUT2D eigenvalue weighted by atomic mass is 35.5. The number of Topliss-reactive ketones (excluding diaryl/α,β-unsaturated/α-hetero) is 1. The maximum atomic E-state index is 12.2. The Morgan fingerprint density at radius 3 is 2.62 bits per heavy atom. The number of likely N-dealkylation sites (tertiary alicyclic amines) is 1. The summed E-state index contributed by atoms with van der Waals surface area (Å²) in [4.78, 5) is 25.3. The van der Waals surface area contributed by atoms with E-state index in [-0.39, 0.29) is 24.1 Å². The Morgan fingerprint density at radius 2 is 2.00 bits per heavy atom. The van der Waals surface area contributed by atoms with Gasteiger partial charge in [-0.1, -0.05) is 0 Å².